The van der Waals surface area contributed by atoms with Gasteiger partial charge in [0, 0.05) is 27.2 Å². The average molecular weight is 424 g/mol. The van der Waals surface area contributed by atoms with Crippen molar-refractivity contribution in [2.75, 3.05) is 12.8 Å². The lowest BCUT2D eigenvalue weighted by molar-refractivity contribution is 0.150. The SMILES string of the molecule is CCN1C(Sc2cc(Cl)cc(Cl)c2)=C(C(C)C)NC1(C)NS(C)(=O)=O. The Hall–Kier alpha value is -0.600. The van der Waals surface area contributed by atoms with Crippen LogP contribution in [0.4, 0.5) is 0 Å². The summed E-state index contributed by atoms with van der Waals surface area (Å²) < 4.78 is 26.4. The van der Waals surface area contributed by atoms with Crippen LogP contribution in [0.2, 0.25) is 10.0 Å². The van der Waals surface area contributed by atoms with Crippen molar-refractivity contribution in [3.63, 3.8) is 0 Å². The van der Waals surface area contributed by atoms with Gasteiger partial charge >= 0.3 is 0 Å². The number of thioether (sulfide) groups is 1. The fourth-order valence-electron chi connectivity index (χ4n) is 2.83. The number of benzene rings is 1. The number of nitrogens with one attached hydrogen (secondary N) is 2. The lowest BCUT2D eigenvalue weighted by Gasteiger charge is -2.37. The molecule has 1 unspecified atom stereocenters. The Morgan fingerprint density at radius 2 is 1.84 bits per heavy atom. The molecule has 25 heavy (non-hydrogen) atoms. The third kappa shape index (κ3) is 4.98. The van der Waals surface area contributed by atoms with Crippen molar-refractivity contribution in [1.29, 1.82) is 0 Å². The molecule has 0 amide bonds. The summed E-state index contributed by atoms with van der Waals surface area (Å²) in [7, 11) is -3.40. The maximum Gasteiger partial charge on any atom is 0.212 e. The smallest absolute Gasteiger partial charge is 0.212 e. The van der Waals surface area contributed by atoms with Crippen LogP contribution in [-0.2, 0) is 10.0 Å². The van der Waals surface area contributed by atoms with E-state index >= 15 is 0 Å². The molecule has 2 N–H and O–H groups in total. The first kappa shape index (κ1) is 20.7. The van der Waals surface area contributed by atoms with Gasteiger partial charge in [0.2, 0.25) is 10.0 Å². The molecule has 0 aliphatic carbocycles. The number of hydrogen-bond donors (Lipinski definition) is 2. The van der Waals surface area contributed by atoms with E-state index in [0.717, 1.165) is 21.9 Å². The van der Waals surface area contributed by atoms with Crippen LogP contribution < -0.4 is 10.0 Å². The Bertz CT molecular complexity index is 776. The topological polar surface area (TPSA) is 61.4 Å². The number of sulfonamides is 1. The van der Waals surface area contributed by atoms with Gasteiger partial charge in [-0.15, -0.1) is 0 Å². The van der Waals surface area contributed by atoms with Crippen LogP contribution in [0.25, 0.3) is 0 Å². The van der Waals surface area contributed by atoms with Gasteiger partial charge in [0.15, 0.2) is 5.79 Å². The molecular weight excluding hydrogens is 401 g/mol. The Morgan fingerprint density at radius 1 is 1.28 bits per heavy atom. The maximum absolute atomic E-state index is 11.8. The number of rotatable bonds is 6. The summed E-state index contributed by atoms with van der Waals surface area (Å²) in [6, 6.07) is 5.37. The van der Waals surface area contributed by atoms with Crippen LogP contribution in [0.3, 0.4) is 0 Å². The largest absolute Gasteiger partial charge is 0.351 e. The predicted molar refractivity (Wildman–Crippen MR) is 106 cm³/mol. The molecule has 0 fully saturated rings. The van der Waals surface area contributed by atoms with Gasteiger partial charge < -0.3 is 10.2 Å². The third-order valence-corrected chi connectivity index (χ3v) is 6.03. The van der Waals surface area contributed by atoms with Gasteiger partial charge in [0.1, 0.15) is 0 Å². The van der Waals surface area contributed by atoms with E-state index in [0.29, 0.717) is 16.6 Å². The Kier molecular flexibility index (Phi) is 6.27. The standard InChI is InChI=1S/C16H23Cl2N3O2S2/c1-6-21-15(24-13-8-11(17)7-12(18)9-13)14(10(2)3)19-16(21,4)20-25(5,22)23/h7-10,19-20H,6H2,1-5H3. The van der Waals surface area contributed by atoms with E-state index in [2.05, 4.69) is 23.9 Å². The van der Waals surface area contributed by atoms with E-state index < -0.39 is 15.8 Å². The van der Waals surface area contributed by atoms with Crippen LogP contribution in [0, 0.1) is 5.92 Å². The normalized spacial score (nSPS) is 21.2. The number of hydrogen-bond acceptors (Lipinski definition) is 5. The summed E-state index contributed by atoms with van der Waals surface area (Å²) in [5, 5.41) is 5.43. The van der Waals surface area contributed by atoms with Gasteiger partial charge in [0.05, 0.1) is 11.3 Å². The lowest BCUT2D eigenvalue weighted by Crippen LogP contribution is -2.62. The molecule has 1 aromatic rings. The summed E-state index contributed by atoms with van der Waals surface area (Å²) in [4.78, 5) is 2.90. The highest BCUT2D eigenvalue weighted by Gasteiger charge is 2.43. The molecule has 2 rings (SSSR count). The van der Waals surface area contributed by atoms with Crippen molar-refractivity contribution < 1.29 is 8.42 Å². The zero-order valence-electron chi connectivity index (χ0n) is 14.9. The molecule has 1 aromatic carbocycles. The minimum atomic E-state index is -3.40. The molecule has 0 spiro atoms. The van der Waals surface area contributed by atoms with E-state index in [-0.39, 0.29) is 5.92 Å². The highest BCUT2D eigenvalue weighted by Crippen LogP contribution is 2.41. The van der Waals surface area contributed by atoms with Crippen molar-refractivity contribution in [3.05, 3.63) is 39.0 Å². The Morgan fingerprint density at radius 3 is 2.28 bits per heavy atom. The molecule has 1 aliphatic heterocycles. The highest BCUT2D eigenvalue weighted by molar-refractivity contribution is 8.03. The first-order valence-corrected chi connectivity index (χ1v) is 11.3. The van der Waals surface area contributed by atoms with E-state index in [1.165, 1.54) is 11.8 Å². The Labute approximate surface area is 164 Å². The summed E-state index contributed by atoms with van der Waals surface area (Å²) >= 11 is 13.7. The van der Waals surface area contributed by atoms with Crippen LogP contribution in [0.5, 0.6) is 0 Å². The lowest BCUT2D eigenvalue weighted by atomic mass is 10.1. The molecule has 1 atom stereocenters. The summed E-state index contributed by atoms with van der Waals surface area (Å²) in [5.74, 6) is -0.735. The predicted octanol–water partition coefficient (Wildman–Crippen LogP) is 4.06. The summed E-state index contributed by atoms with van der Waals surface area (Å²) in [6.45, 7) is 8.55. The van der Waals surface area contributed by atoms with E-state index in [9.17, 15) is 8.42 Å². The molecule has 0 radical (unpaired) electrons. The van der Waals surface area contributed by atoms with Crippen LogP contribution >= 0.6 is 35.0 Å². The van der Waals surface area contributed by atoms with Crippen LogP contribution in [0.15, 0.2) is 33.8 Å². The third-order valence-electron chi connectivity index (χ3n) is 3.72. The van der Waals surface area contributed by atoms with Gasteiger partial charge in [-0.1, -0.05) is 48.8 Å². The van der Waals surface area contributed by atoms with Gasteiger partial charge in [-0.25, -0.2) is 8.42 Å². The van der Waals surface area contributed by atoms with Crippen LogP contribution in [0.1, 0.15) is 27.7 Å². The second-order valence-electron chi connectivity index (χ2n) is 6.40. The van der Waals surface area contributed by atoms with Crippen molar-refractivity contribution in [1.82, 2.24) is 14.9 Å². The molecule has 0 saturated carbocycles. The van der Waals surface area contributed by atoms with Gasteiger partial charge in [-0.3, -0.25) is 0 Å². The molecule has 0 bridgehead atoms. The van der Waals surface area contributed by atoms with Crippen molar-refractivity contribution in [2.45, 2.75) is 38.4 Å². The minimum absolute atomic E-state index is 0.189. The van der Waals surface area contributed by atoms with Gasteiger partial charge in [0.25, 0.3) is 0 Å². The maximum atomic E-state index is 11.8. The van der Waals surface area contributed by atoms with Crippen molar-refractivity contribution >= 4 is 45.0 Å². The van der Waals surface area contributed by atoms with Gasteiger partial charge in [-0.05, 0) is 38.0 Å². The fourth-order valence-corrected chi connectivity index (χ4v) is 5.79. The quantitative estimate of drug-likeness (QED) is 0.721. The fraction of sp³-hybridized carbons (Fsp3) is 0.500. The zero-order chi connectivity index (χ0) is 19.0. The zero-order valence-corrected chi connectivity index (χ0v) is 18.0. The van der Waals surface area contributed by atoms with Crippen molar-refractivity contribution in [3.8, 4) is 0 Å². The Balaban J connectivity index is 2.45. The number of halogens is 2. The van der Waals surface area contributed by atoms with E-state index in [4.69, 9.17) is 23.2 Å². The summed E-state index contributed by atoms with van der Waals surface area (Å²) in [5.41, 5.74) is 0.974. The highest BCUT2D eigenvalue weighted by atomic mass is 35.5. The number of nitrogens with zero attached hydrogens (tertiary/aromatic N) is 1. The first-order valence-electron chi connectivity index (χ1n) is 7.88. The average Bonchev–Trinajstić information content (AvgIpc) is 2.67. The van der Waals surface area contributed by atoms with E-state index in [1.54, 1.807) is 6.07 Å². The molecular formula is C16H23Cl2N3O2S2. The molecule has 1 heterocycles. The second-order valence-corrected chi connectivity index (χ2v) is 10.1. The molecule has 140 valence electrons. The summed E-state index contributed by atoms with van der Waals surface area (Å²) in [6.07, 6.45) is 1.16. The molecule has 0 saturated heterocycles. The van der Waals surface area contributed by atoms with E-state index in [1.807, 2.05) is 30.9 Å². The molecule has 1 aliphatic rings. The number of allylic oxidation sites excluding steroid dienone is 1. The monoisotopic (exact) mass is 423 g/mol. The molecule has 5 nitrogen and oxygen atoms in total. The molecule has 9 heteroatoms. The molecule has 0 aromatic heterocycles. The first-order chi connectivity index (χ1) is 11.4. The van der Waals surface area contributed by atoms with Crippen molar-refractivity contribution in [2.24, 2.45) is 5.92 Å². The van der Waals surface area contributed by atoms with Gasteiger partial charge in [-0.2, -0.15) is 4.72 Å². The van der Waals surface area contributed by atoms with Crippen LogP contribution in [-0.4, -0.2) is 31.9 Å². The minimum Gasteiger partial charge on any atom is -0.351 e. The second kappa shape index (κ2) is 7.56.